The second-order valence-electron chi connectivity index (χ2n) is 4.55. The molecule has 0 fully saturated rings. The van der Waals surface area contributed by atoms with Crippen LogP contribution in [-0.4, -0.2) is 25.3 Å². The van der Waals surface area contributed by atoms with Crippen LogP contribution in [0.1, 0.15) is 30.6 Å². The Bertz CT molecular complexity index is 432. The Balaban J connectivity index is 2.59. The van der Waals surface area contributed by atoms with E-state index >= 15 is 0 Å². The molecule has 0 saturated carbocycles. The average Bonchev–Trinajstić information content (AvgIpc) is 2.32. The predicted octanol–water partition coefficient (Wildman–Crippen LogP) is 3.00. The minimum absolute atomic E-state index is 0.297. The van der Waals surface area contributed by atoms with Gasteiger partial charge in [0.15, 0.2) is 0 Å². The number of rotatable bonds is 5. The molecule has 1 aromatic carbocycles. The van der Waals surface area contributed by atoms with Crippen LogP contribution in [0.2, 0.25) is 0 Å². The summed E-state index contributed by atoms with van der Waals surface area (Å²) in [5.41, 5.74) is 6.26. The molecule has 0 amide bonds. The monoisotopic (exact) mass is 315 g/mol. The van der Waals surface area contributed by atoms with Crippen molar-refractivity contribution in [2.75, 3.05) is 19.5 Å². The standard InChI is InChI=1S/C13H18BrNO3/c1-13(2,17-3)7-8-18-12(16)9-5-4-6-10(14)11(9)15/h4-6H,7-8,15H2,1-3H3. The number of benzene rings is 1. The van der Waals surface area contributed by atoms with Crippen molar-refractivity contribution < 1.29 is 14.3 Å². The summed E-state index contributed by atoms with van der Waals surface area (Å²) in [6, 6.07) is 5.17. The second-order valence-corrected chi connectivity index (χ2v) is 5.41. The van der Waals surface area contributed by atoms with Gasteiger partial charge in [-0.15, -0.1) is 0 Å². The maximum absolute atomic E-state index is 11.8. The fourth-order valence-electron chi connectivity index (χ4n) is 1.28. The highest BCUT2D eigenvalue weighted by atomic mass is 79.9. The van der Waals surface area contributed by atoms with Crippen molar-refractivity contribution in [1.82, 2.24) is 0 Å². The highest BCUT2D eigenvalue weighted by Crippen LogP contribution is 2.23. The normalized spacial score (nSPS) is 11.3. The molecule has 0 aliphatic rings. The first kappa shape index (κ1) is 15.0. The highest BCUT2D eigenvalue weighted by Gasteiger charge is 2.18. The summed E-state index contributed by atoms with van der Waals surface area (Å²) in [7, 11) is 1.63. The van der Waals surface area contributed by atoms with E-state index < -0.39 is 5.97 Å². The molecule has 0 spiro atoms. The summed E-state index contributed by atoms with van der Waals surface area (Å²) < 4.78 is 11.1. The Morgan fingerprint density at radius 2 is 2.11 bits per heavy atom. The van der Waals surface area contributed by atoms with Gasteiger partial charge in [0.05, 0.1) is 23.5 Å². The highest BCUT2D eigenvalue weighted by molar-refractivity contribution is 9.10. The van der Waals surface area contributed by atoms with Crippen molar-refractivity contribution >= 4 is 27.6 Å². The first-order chi connectivity index (χ1) is 8.37. The number of methoxy groups -OCH3 is 1. The van der Waals surface area contributed by atoms with E-state index in [1.54, 1.807) is 25.3 Å². The van der Waals surface area contributed by atoms with E-state index in [0.29, 0.717) is 28.8 Å². The summed E-state index contributed by atoms with van der Waals surface area (Å²) in [4.78, 5) is 11.8. The van der Waals surface area contributed by atoms with Gasteiger partial charge in [-0.2, -0.15) is 0 Å². The smallest absolute Gasteiger partial charge is 0.340 e. The van der Waals surface area contributed by atoms with Crippen LogP contribution in [0.25, 0.3) is 0 Å². The fraction of sp³-hybridized carbons (Fsp3) is 0.462. The molecular formula is C13H18BrNO3. The van der Waals surface area contributed by atoms with Crippen LogP contribution < -0.4 is 5.73 Å². The van der Waals surface area contributed by atoms with Gasteiger partial charge < -0.3 is 15.2 Å². The molecule has 0 heterocycles. The first-order valence-corrected chi connectivity index (χ1v) is 6.43. The SMILES string of the molecule is COC(C)(C)CCOC(=O)c1cccc(Br)c1N. The molecule has 0 radical (unpaired) electrons. The average molecular weight is 316 g/mol. The number of anilines is 1. The number of halogens is 1. The molecule has 1 aromatic rings. The van der Waals surface area contributed by atoms with Gasteiger partial charge in [0, 0.05) is 18.0 Å². The lowest BCUT2D eigenvalue weighted by Crippen LogP contribution is -2.25. The van der Waals surface area contributed by atoms with Crippen LogP contribution in [0.4, 0.5) is 5.69 Å². The lowest BCUT2D eigenvalue weighted by atomic mass is 10.1. The van der Waals surface area contributed by atoms with E-state index in [0.717, 1.165) is 0 Å². The summed E-state index contributed by atoms with van der Waals surface area (Å²) in [6.07, 6.45) is 0.628. The number of carbonyl (C=O) groups is 1. The third-order valence-electron chi connectivity index (χ3n) is 2.76. The van der Waals surface area contributed by atoms with Crippen LogP contribution in [0.3, 0.4) is 0 Å². The second kappa shape index (κ2) is 6.20. The van der Waals surface area contributed by atoms with Crippen LogP contribution in [-0.2, 0) is 9.47 Å². The van der Waals surface area contributed by atoms with E-state index in [1.807, 2.05) is 13.8 Å². The lowest BCUT2D eigenvalue weighted by Gasteiger charge is -2.22. The molecule has 0 aliphatic carbocycles. The number of ether oxygens (including phenoxy) is 2. The van der Waals surface area contributed by atoms with Gasteiger partial charge >= 0.3 is 5.97 Å². The summed E-state index contributed by atoms with van der Waals surface area (Å²) in [6.45, 7) is 4.17. The number of hydrogen-bond donors (Lipinski definition) is 1. The summed E-state index contributed by atoms with van der Waals surface area (Å²) >= 11 is 3.27. The molecule has 100 valence electrons. The Hall–Kier alpha value is -1.07. The van der Waals surface area contributed by atoms with E-state index in [1.165, 1.54) is 0 Å². The number of nitrogens with two attached hydrogens (primary N) is 1. The number of carbonyl (C=O) groups excluding carboxylic acids is 1. The molecular weight excluding hydrogens is 298 g/mol. The molecule has 0 atom stereocenters. The zero-order valence-corrected chi connectivity index (χ0v) is 12.4. The number of nitrogen functional groups attached to an aromatic ring is 1. The molecule has 0 saturated heterocycles. The minimum Gasteiger partial charge on any atom is -0.462 e. The fourth-order valence-corrected chi connectivity index (χ4v) is 1.65. The molecule has 0 aromatic heterocycles. The molecule has 4 nitrogen and oxygen atoms in total. The molecule has 0 aliphatic heterocycles. The van der Waals surface area contributed by atoms with Crippen molar-refractivity contribution in [2.24, 2.45) is 0 Å². The molecule has 2 N–H and O–H groups in total. The van der Waals surface area contributed by atoms with Gasteiger partial charge in [-0.1, -0.05) is 6.07 Å². The van der Waals surface area contributed by atoms with Gasteiger partial charge in [-0.05, 0) is 41.9 Å². The third-order valence-corrected chi connectivity index (χ3v) is 3.45. The van der Waals surface area contributed by atoms with Gasteiger partial charge in [0.1, 0.15) is 0 Å². The van der Waals surface area contributed by atoms with Crippen LogP contribution >= 0.6 is 15.9 Å². The largest absolute Gasteiger partial charge is 0.462 e. The van der Waals surface area contributed by atoms with Crippen LogP contribution in [0.5, 0.6) is 0 Å². The zero-order chi connectivity index (χ0) is 13.8. The number of esters is 1. The quantitative estimate of drug-likeness (QED) is 0.670. The maximum atomic E-state index is 11.8. The van der Waals surface area contributed by atoms with Crippen molar-refractivity contribution in [3.05, 3.63) is 28.2 Å². The van der Waals surface area contributed by atoms with E-state index in [2.05, 4.69) is 15.9 Å². The summed E-state index contributed by atoms with van der Waals surface area (Å²) in [5, 5.41) is 0. The predicted molar refractivity (Wildman–Crippen MR) is 74.5 cm³/mol. The zero-order valence-electron chi connectivity index (χ0n) is 10.8. The molecule has 5 heteroatoms. The summed E-state index contributed by atoms with van der Waals surface area (Å²) in [5.74, 6) is -0.416. The van der Waals surface area contributed by atoms with Crippen molar-refractivity contribution in [3.8, 4) is 0 Å². The Morgan fingerprint density at radius 1 is 1.44 bits per heavy atom. The van der Waals surface area contributed by atoms with Crippen molar-refractivity contribution in [2.45, 2.75) is 25.9 Å². The topological polar surface area (TPSA) is 61.5 Å². The molecule has 18 heavy (non-hydrogen) atoms. The van der Waals surface area contributed by atoms with E-state index in [9.17, 15) is 4.79 Å². The lowest BCUT2D eigenvalue weighted by molar-refractivity contribution is -0.00559. The molecule has 0 unspecified atom stereocenters. The van der Waals surface area contributed by atoms with Gasteiger partial charge in [-0.25, -0.2) is 4.79 Å². The molecule has 0 bridgehead atoms. The van der Waals surface area contributed by atoms with Gasteiger partial charge in [-0.3, -0.25) is 0 Å². The Labute approximate surface area is 116 Å². The molecule has 1 rings (SSSR count). The van der Waals surface area contributed by atoms with Crippen LogP contribution in [0, 0.1) is 0 Å². The Kier molecular flexibility index (Phi) is 5.16. The van der Waals surface area contributed by atoms with Gasteiger partial charge in [0.2, 0.25) is 0 Å². The maximum Gasteiger partial charge on any atom is 0.340 e. The van der Waals surface area contributed by atoms with E-state index in [-0.39, 0.29) is 5.60 Å². The first-order valence-electron chi connectivity index (χ1n) is 5.63. The Morgan fingerprint density at radius 3 is 2.72 bits per heavy atom. The third kappa shape index (κ3) is 3.99. The minimum atomic E-state index is -0.416. The van der Waals surface area contributed by atoms with Crippen molar-refractivity contribution in [3.63, 3.8) is 0 Å². The van der Waals surface area contributed by atoms with Gasteiger partial charge in [0.25, 0.3) is 0 Å². The van der Waals surface area contributed by atoms with Crippen LogP contribution in [0.15, 0.2) is 22.7 Å². The number of hydrogen-bond acceptors (Lipinski definition) is 4. The number of para-hydroxylation sites is 1. The van der Waals surface area contributed by atoms with Crippen molar-refractivity contribution in [1.29, 1.82) is 0 Å². The van der Waals surface area contributed by atoms with E-state index in [4.69, 9.17) is 15.2 Å².